The summed E-state index contributed by atoms with van der Waals surface area (Å²) >= 11 is 3.53. The topological polar surface area (TPSA) is 12.0 Å². The molecule has 0 aliphatic heterocycles. The Kier molecular flexibility index (Phi) is 3.17. The second-order valence-electron chi connectivity index (χ2n) is 4.68. The molecule has 2 heteroatoms. The van der Waals surface area contributed by atoms with Crippen molar-refractivity contribution in [2.45, 2.75) is 32.2 Å². The van der Waals surface area contributed by atoms with Gasteiger partial charge in [-0.05, 0) is 56.3 Å². The van der Waals surface area contributed by atoms with E-state index >= 15 is 0 Å². The Morgan fingerprint density at radius 1 is 1.47 bits per heavy atom. The van der Waals surface area contributed by atoms with E-state index < -0.39 is 0 Å². The monoisotopic (exact) mass is 267 g/mol. The Bertz CT molecular complexity index is 344. The Labute approximate surface area is 100 Å². The number of benzene rings is 1. The maximum Gasteiger partial charge on any atom is 0.0177 e. The first kappa shape index (κ1) is 11.2. The van der Waals surface area contributed by atoms with Crippen molar-refractivity contribution >= 4 is 15.9 Å². The van der Waals surface area contributed by atoms with Gasteiger partial charge in [0.2, 0.25) is 0 Å². The minimum absolute atomic E-state index is 0.523. The molecule has 0 aromatic heterocycles. The molecule has 1 nitrogen and oxygen atoms in total. The van der Waals surface area contributed by atoms with Crippen LogP contribution >= 0.6 is 15.9 Å². The normalized spacial score (nSPS) is 19.9. The predicted octanol–water partition coefficient (Wildman–Crippen LogP) is 3.38. The first-order valence-electron chi connectivity index (χ1n) is 5.58. The highest BCUT2D eigenvalue weighted by atomic mass is 79.9. The van der Waals surface area contributed by atoms with Gasteiger partial charge in [0.25, 0.3) is 0 Å². The zero-order valence-electron chi connectivity index (χ0n) is 9.39. The summed E-state index contributed by atoms with van der Waals surface area (Å²) < 4.78 is 1.19. The standard InChI is InChI=1S/C13H18BrN/c1-10(15-2)13(6-7-13)9-11-4-3-5-12(14)8-11/h3-5,8,10,15H,6-7,9H2,1-2H3. The first-order valence-corrected chi connectivity index (χ1v) is 6.37. The molecule has 15 heavy (non-hydrogen) atoms. The van der Waals surface area contributed by atoms with Crippen LogP contribution in [0.3, 0.4) is 0 Å². The van der Waals surface area contributed by atoms with E-state index in [1.54, 1.807) is 0 Å². The third kappa shape index (κ3) is 2.43. The number of hydrogen-bond acceptors (Lipinski definition) is 1. The van der Waals surface area contributed by atoms with Crippen molar-refractivity contribution in [3.05, 3.63) is 34.3 Å². The molecular formula is C13H18BrN. The average molecular weight is 268 g/mol. The van der Waals surface area contributed by atoms with E-state index in [1.807, 2.05) is 0 Å². The van der Waals surface area contributed by atoms with Crippen LogP contribution < -0.4 is 5.32 Å². The van der Waals surface area contributed by atoms with Gasteiger partial charge in [0.1, 0.15) is 0 Å². The second-order valence-corrected chi connectivity index (χ2v) is 5.60. The Balaban J connectivity index is 2.09. The van der Waals surface area contributed by atoms with E-state index in [2.05, 4.69) is 59.5 Å². The van der Waals surface area contributed by atoms with Crippen LogP contribution in [0.2, 0.25) is 0 Å². The number of hydrogen-bond donors (Lipinski definition) is 1. The van der Waals surface area contributed by atoms with E-state index in [-0.39, 0.29) is 0 Å². The minimum atomic E-state index is 0.523. The second kappa shape index (κ2) is 4.26. The Morgan fingerprint density at radius 3 is 2.73 bits per heavy atom. The molecule has 0 amide bonds. The van der Waals surface area contributed by atoms with E-state index in [0.717, 1.165) is 0 Å². The molecule has 0 radical (unpaired) electrons. The minimum Gasteiger partial charge on any atom is -0.317 e. The molecule has 0 saturated heterocycles. The zero-order valence-corrected chi connectivity index (χ0v) is 11.0. The van der Waals surface area contributed by atoms with Crippen molar-refractivity contribution in [2.24, 2.45) is 5.41 Å². The summed E-state index contributed by atoms with van der Waals surface area (Å²) in [5.74, 6) is 0. The lowest BCUT2D eigenvalue weighted by molar-refractivity contribution is 0.369. The maximum absolute atomic E-state index is 3.53. The van der Waals surface area contributed by atoms with Crippen molar-refractivity contribution in [3.63, 3.8) is 0 Å². The summed E-state index contributed by atoms with van der Waals surface area (Å²) in [5.41, 5.74) is 1.97. The highest BCUT2D eigenvalue weighted by Crippen LogP contribution is 2.51. The highest BCUT2D eigenvalue weighted by molar-refractivity contribution is 9.10. The van der Waals surface area contributed by atoms with Crippen molar-refractivity contribution in [1.82, 2.24) is 5.32 Å². The summed E-state index contributed by atoms with van der Waals surface area (Å²) in [4.78, 5) is 0. The van der Waals surface area contributed by atoms with Gasteiger partial charge >= 0.3 is 0 Å². The van der Waals surface area contributed by atoms with Crippen LogP contribution in [0.25, 0.3) is 0 Å². The molecule has 1 aliphatic carbocycles. The largest absolute Gasteiger partial charge is 0.317 e. The molecule has 1 unspecified atom stereocenters. The Hall–Kier alpha value is -0.340. The van der Waals surface area contributed by atoms with E-state index in [4.69, 9.17) is 0 Å². The summed E-state index contributed by atoms with van der Waals surface area (Å²) in [6, 6.07) is 9.30. The average Bonchev–Trinajstić information content (AvgIpc) is 2.98. The first-order chi connectivity index (χ1) is 7.16. The predicted molar refractivity (Wildman–Crippen MR) is 68.0 cm³/mol. The molecule has 1 fully saturated rings. The lowest BCUT2D eigenvalue weighted by Crippen LogP contribution is -2.33. The quantitative estimate of drug-likeness (QED) is 0.882. The molecule has 1 aromatic rings. The van der Waals surface area contributed by atoms with Gasteiger partial charge < -0.3 is 5.32 Å². The van der Waals surface area contributed by atoms with Crippen LogP contribution in [0.4, 0.5) is 0 Å². The fraction of sp³-hybridized carbons (Fsp3) is 0.538. The molecule has 0 heterocycles. The van der Waals surface area contributed by atoms with Crippen LogP contribution in [0, 0.1) is 5.41 Å². The molecule has 82 valence electrons. The third-order valence-corrected chi connectivity index (χ3v) is 4.18. The lowest BCUT2D eigenvalue weighted by atomic mass is 9.90. The molecular weight excluding hydrogens is 250 g/mol. The molecule has 0 spiro atoms. The summed E-state index contributed by atoms with van der Waals surface area (Å²) in [7, 11) is 2.06. The van der Waals surface area contributed by atoms with Gasteiger partial charge in [-0.15, -0.1) is 0 Å². The maximum atomic E-state index is 3.53. The molecule has 1 aromatic carbocycles. The van der Waals surface area contributed by atoms with Crippen molar-refractivity contribution in [2.75, 3.05) is 7.05 Å². The molecule has 1 N–H and O–H groups in total. The fourth-order valence-electron chi connectivity index (χ4n) is 2.28. The van der Waals surface area contributed by atoms with Crippen LogP contribution in [0.5, 0.6) is 0 Å². The van der Waals surface area contributed by atoms with Gasteiger partial charge in [0.05, 0.1) is 0 Å². The summed E-state index contributed by atoms with van der Waals surface area (Å²) in [6.07, 6.45) is 3.93. The van der Waals surface area contributed by atoms with Crippen LogP contribution in [0.1, 0.15) is 25.3 Å². The van der Waals surface area contributed by atoms with Crippen LogP contribution in [-0.2, 0) is 6.42 Å². The van der Waals surface area contributed by atoms with E-state index in [0.29, 0.717) is 11.5 Å². The van der Waals surface area contributed by atoms with Gasteiger partial charge in [-0.3, -0.25) is 0 Å². The molecule has 2 rings (SSSR count). The van der Waals surface area contributed by atoms with Gasteiger partial charge in [0, 0.05) is 10.5 Å². The zero-order chi connectivity index (χ0) is 10.9. The molecule has 1 aliphatic rings. The van der Waals surface area contributed by atoms with Crippen molar-refractivity contribution in [3.8, 4) is 0 Å². The molecule has 1 atom stereocenters. The molecule has 0 bridgehead atoms. The molecule has 1 saturated carbocycles. The van der Waals surface area contributed by atoms with Crippen LogP contribution in [-0.4, -0.2) is 13.1 Å². The lowest BCUT2D eigenvalue weighted by Gasteiger charge is -2.23. The SMILES string of the molecule is CNC(C)C1(Cc2cccc(Br)c2)CC1. The number of rotatable bonds is 4. The highest BCUT2D eigenvalue weighted by Gasteiger charge is 2.46. The fourth-order valence-corrected chi connectivity index (χ4v) is 2.73. The number of nitrogens with one attached hydrogen (secondary N) is 1. The van der Waals surface area contributed by atoms with E-state index in [1.165, 1.54) is 29.3 Å². The van der Waals surface area contributed by atoms with Crippen molar-refractivity contribution in [1.29, 1.82) is 0 Å². The van der Waals surface area contributed by atoms with Gasteiger partial charge in [-0.25, -0.2) is 0 Å². The van der Waals surface area contributed by atoms with Gasteiger partial charge in [-0.2, -0.15) is 0 Å². The Morgan fingerprint density at radius 2 is 2.20 bits per heavy atom. The van der Waals surface area contributed by atoms with Crippen LogP contribution in [0.15, 0.2) is 28.7 Å². The number of halogens is 1. The van der Waals surface area contributed by atoms with E-state index in [9.17, 15) is 0 Å². The van der Waals surface area contributed by atoms with Gasteiger partial charge in [-0.1, -0.05) is 28.1 Å². The third-order valence-electron chi connectivity index (χ3n) is 3.69. The van der Waals surface area contributed by atoms with Crippen molar-refractivity contribution < 1.29 is 0 Å². The van der Waals surface area contributed by atoms with Gasteiger partial charge in [0.15, 0.2) is 0 Å². The smallest absolute Gasteiger partial charge is 0.0177 e. The summed E-state index contributed by atoms with van der Waals surface area (Å²) in [5, 5.41) is 3.39. The summed E-state index contributed by atoms with van der Waals surface area (Å²) in [6.45, 7) is 2.30.